The summed E-state index contributed by atoms with van der Waals surface area (Å²) in [6, 6.07) is 28.5. The van der Waals surface area contributed by atoms with E-state index in [0.29, 0.717) is 6.54 Å². The van der Waals surface area contributed by atoms with E-state index < -0.39 is 0 Å². The van der Waals surface area contributed by atoms with E-state index in [4.69, 9.17) is 4.99 Å². The standard InChI is InChI=1S/C32H34BN/c1-22-16-24(3)31(25(4)17-22)33(32-26(5)18-23(2)19-27(32)6)30-15-11-10-14-29(30)21-34-20-28-12-8-7-9-13-28/h7-19,21H,20H2,1-6H3. The van der Waals surface area contributed by atoms with Gasteiger partial charge in [-0.2, -0.15) is 0 Å². The summed E-state index contributed by atoms with van der Waals surface area (Å²) in [6.45, 7) is 14.2. The molecule has 0 fully saturated rings. The summed E-state index contributed by atoms with van der Waals surface area (Å²) in [5, 5.41) is 0. The zero-order chi connectivity index (χ0) is 24.2. The number of nitrogens with zero attached hydrogens (tertiary/aromatic N) is 1. The minimum Gasteiger partial charge on any atom is -0.288 e. The van der Waals surface area contributed by atoms with Crippen LogP contribution in [0.3, 0.4) is 0 Å². The average Bonchev–Trinajstić information content (AvgIpc) is 2.78. The summed E-state index contributed by atoms with van der Waals surface area (Å²) >= 11 is 0. The predicted octanol–water partition coefficient (Wildman–Crippen LogP) is 5.67. The van der Waals surface area contributed by atoms with Crippen LogP contribution in [-0.4, -0.2) is 12.9 Å². The van der Waals surface area contributed by atoms with Crippen molar-refractivity contribution in [2.75, 3.05) is 0 Å². The molecule has 0 atom stereocenters. The Labute approximate surface area is 205 Å². The number of hydrogen-bond donors (Lipinski definition) is 0. The van der Waals surface area contributed by atoms with Crippen molar-refractivity contribution in [3.05, 3.63) is 123 Å². The van der Waals surface area contributed by atoms with Gasteiger partial charge in [-0.25, -0.2) is 0 Å². The highest BCUT2D eigenvalue weighted by Gasteiger charge is 2.29. The van der Waals surface area contributed by atoms with Crippen LogP contribution in [-0.2, 0) is 6.54 Å². The molecular formula is C32H34BN. The molecule has 0 heterocycles. The highest BCUT2D eigenvalue weighted by molar-refractivity contribution is 6.97. The van der Waals surface area contributed by atoms with E-state index in [2.05, 4.69) is 121 Å². The number of hydrogen-bond acceptors (Lipinski definition) is 1. The maximum Gasteiger partial charge on any atom is 0.243 e. The summed E-state index contributed by atoms with van der Waals surface area (Å²) in [7, 11) is 0. The van der Waals surface area contributed by atoms with E-state index in [0.717, 1.165) is 0 Å². The van der Waals surface area contributed by atoms with Crippen LogP contribution in [0.4, 0.5) is 0 Å². The molecule has 0 aliphatic carbocycles. The van der Waals surface area contributed by atoms with E-state index in [1.807, 2.05) is 6.07 Å². The zero-order valence-electron chi connectivity index (χ0n) is 21.3. The summed E-state index contributed by atoms with van der Waals surface area (Å²) in [6.07, 6.45) is 2.06. The van der Waals surface area contributed by atoms with Gasteiger partial charge in [-0.15, -0.1) is 0 Å². The van der Waals surface area contributed by atoms with Crippen molar-refractivity contribution in [3.63, 3.8) is 0 Å². The molecule has 4 rings (SSSR count). The second-order valence-electron chi connectivity index (χ2n) is 9.64. The largest absolute Gasteiger partial charge is 0.288 e. The molecule has 0 radical (unpaired) electrons. The molecule has 0 spiro atoms. The fraction of sp³-hybridized carbons (Fsp3) is 0.219. The number of rotatable bonds is 6. The first kappa shape index (κ1) is 23.8. The second kappa shape index (κ2) is 10.3. The van der Waals surface area contributed by atoms with Gasteiger partial charge in [0.25, 0.3) is 0 Å². The van der Waals surface area contributed by atoms with Gasteiger partial charge < -0.3 is 0 Å². The maximum atomic E-state index is 4.84. The molecule has 0 saturated carbocycles. The third kappa shape index (κ3) is 5.07. The topological polar surface area (TPSA) is 12.4 Å². The third-order valence-corrected chi connectivity index (χ3v) is 6.71. The Morgan fingerprint density at radius 1 is 0.618 bits per heavy atom. The molecule has 0 amide bonds. The van der Waals surface area contributed by atoms with Gasteiger partial charge in [0.1, 0.15) is 0 Å². The average molecular weight is 443 g/mol. The molecule has 0 bridgehead atoms. The lowest BCUT2D eigenvalue weighted by Gasteiger charge is -2.25. The van der Waals surface area contributed by atoms with Gasteiger partial charge in [-0.1, -0.05) is 129 Å². The molecule has 1 nitrogen and oxygen atoms in total. The lowest BCUT2D eigenvalue weighted by molar-refractivity contribution is 1.08. The van der Waals surface area contributed by atoms with Crippen LogP contribution in [0.5, 0.6) is 0 Å². The first-order valence-electron chi connectivity index (χ1n) is 12.1. The molecule has 170 valence electrons. The van der Waals surface area contributed by atoms with Gasteiger partial charge in [-0.3, -0.25) is 4.99 Å². The third-order valence-electron chi connectivity index (χ3n) is 6.71. The molecule has 0 aromatic heterocycles. The van der Waals surface area contributed by atoms with Gasteiger partial charge in [0.15, 0.2) is 0 Å². The maximum absolute atomic E-state index is 4.84. The van der Waals surface area contributed by atoms with Crippen molar-refractivity contribution in [2.24, 2.45) is 4.99 Å². The zero-order valence-corrected chi connectivity index (χ0v) is 21.3. The smallest absolute Gasteiger partial charge is 0.243 e. The molecule has 34 heavy (non-hydrogen) atoms. The van der Waals surface area contributed by atoms with Gasteiger partial charge in [0, 0.05) is 6.21 Å². The highest BCUT2D eigenvalue weighted by atomic mass is 14.7. The molecule has 0 N–H and O–H groups in total. The van der Waals surface area contributed by atoms with E-state index in [1.54, 1.807) is 0 Å². The highest BCUT2D eigenvalue weighted by Crippen LogP contribution is 2.14. The van der Waals surface area contributed by atoms with Crippen LogP contribution in [0.15, 0.2) is 83.9 Å². The molecule has 0 unspecified atom stereocenters. The first-order valence-corrected chi connectivity index (χ1v) is 12.1. The molecule has 0 aliphatic heterocycles. The van der Waals surface area contributed by atoms with E-state index in [1.165, 1.54) is 60.9 Å². The van der Waals surface area contributed by atoms with Gasteiger partial charge in [0.05, 0.1) is 6.54 Å². The van der Waals surface area contributed by atoms with E-state index in [9.17, 15) is 0 Å². The SMILES string of the molecule is Cc1cc(C)c(B(c2ccccc2C=NCc2ccccc2)c2c(C)cc(C)cc2C)c(C)c1. The van der Waals surface area contributed by atoms with Crippen molar-refractivity contribution >= 4 is 29.3 Å². The minimum absolute atomic E-state index is 0.153. The Morgan fingerprint density at radius 3 is 1.62 bits per heavy atom. The van der Waals surface area contributed by atoms with Crippen LogP contribution in [0, 0.1) is 41.5 Å². The Morgan fingerprint density at radius 2 is 1.09 bits per heavy atom. The Kier molecular flexibility index (Phi) is 7.17. The summed E-state index contributed by atoms with van der Waals surface area (Å²) in [5.74, 6) is 0. The first-order chi connectivity index (χ1) is 16.3. The fourth-order valence-corrected chi connectivity index (χ4v) is 5.47. The van der Waals surface area contributed by atoms with Crippen LogP contribution < -0.4 is 16.4 Å². The van der Waals surface area contributed by atoms with E-state index >= 15 is 0 Å². The number of benzene rings is 4. The van der Waals surface area contributed by atoms with Crippen molar-refractivity contribution in [2.45, 2.75) is 48.1 Å². The van der Waals surface area contributed by atoms with E-state index in [-0.39, 0.29) is 6.71 Å². The fourth-order valence-electron chi connectivity index (χ4n) is 5.47. The Balaban J connectivity index is 1.90. The summed E-state index contributed by atoms with van der Waals surface area (Å²) < 4.78 is 0. The van der Waals surface area contributed by atoms with Crippen molar-refractivity contribution < 1.29 is 0 Å². The quantitative estimate of drug-likeness (QED) is 0.269. The Bertz CT molecular complexity index is 1230. The summed E-state index contributed by atoms with van der Waals surface area (Å²) in [5.41, 5.74) is 14.5. The number of aliphatic imine (C=N–C) groups is 1. The summed E-state index contributed by atoms with van der Waals surface area (Å²) in [4.78, 5) is 4.84. The molecule has 0 saturated heterocycles. The van der Waals surface area contributed by atoms with Crippen molar-refractivity contribution in [1.29, 1.82) is 0 Å². The predicted molar refractivity (Wildman–Crippen MR) is 150 cm³/mol. The minimum atomic E-state index is 0.153. The lowest BCUT2D eigenvalue weighted by Crippen LogP contribution is -2.56. The molecular weight excluding hydrogens is 409 g/mol. The van der Waals surface area contributed by atoms with Crippen LogP contribution in [0.25, 0.3) is 0 Å². The molecule has 2 heteroatoms. The normalized spacial score (nSPS) is 11.2. The molecule has 0 aliphatic rings. The Hall–Kier alpha value is -3.39. The van der Waals surface area contributed by atoms with Gasteiger partial charge in [0.2, 0.25) is 6.71 Å². The van der Waals surface area contributed by atoms with Crippen molar-refractivity contribution in [3.8, 4) is 0 Å². The molecule has 4 aromatic carbocycles. The van der Waals surface area contributed by atoms with Crippen LogP contribution >= 0.6 is 0 Å². The lowest BCUT2D eigenvalue weighted by atomic mass is 9.33. The number of aryl methyl sites for hydroxylation is 6. The van der Waals surface area contributed by atoms with Crippen molar-refractivity contribution in [1.82, 2.24) is 0 Å². The van der Waals surface area contributed by atoms with Crippen LogP contribution in [0.1, 0.15) is 44.5 Å². The molecule has 4 aromatic rings. The van der Waals surface area contributed by atoms with Gasteiger partial charge in [-0.05, 0) is 52.7 Å². The van der Waals surface area contributed by atoms with Crippen LogP contribution in [0.2, 0.25) is 0 Å². The van der Waals surface area contributed by atoms with Gasteiger partial charge >= 0.3 is 0 Å². The second-order valence-corrected chi connectivity index (χ2v) is 9.64. The monoisotopic (exact) mass is 443 g/mol.